The first-order valence-electron chi connectivity index (χ1n) is 7.90. The zero-order chi connectivity index (χ0) is 10.7. The Labute approximate surface area is 103 Å². The van der Waals surface area contributed by atoms with E-state index in [9.17, 15) is 0 Å². The van der Waals surface area contributed by atoms with Crippen molar-refractivity contribution in [3.8, 4) is 0 Å². The quantitative estimate of drug-likeness (QED) is 0.773. The van der Waals surface area contributed by atoms with Crippen LogP contribution in [0, 0.1) is 29.6 Å². The van der Waals surface area contributed by atoms with Crippen molar-refractivity contribution < 1.29 is 0 Å². The van der Waals surface area contributed by atoms with E-state index >= 15 is 0 Å². The fourth-order valence-electron chi connectivity index (χ4n) is 6.45. The van der Waals surface area contributed by atoms with Crippen molar-refractivity contribution in [3.05, 3.63) is 0 Å². The fourth-order valence-corrected chi connectivity index (χ4v) is 6.45. The van der Waals surface area contributed by atoms with Crippen LogP contribution in [0.3, 0.4) is 0 Å². The summed E-state index contributed by atoms with van der Waals surface area (Å²) >= 11 is 0. The SMILES string of the molecule is C1C2CC1C2N1CC2CC1C2C1CC2CC1N2. The minimum absolute atomic E-state index is 0.926. The predicted molar refractivity (Wildman–Crippen MR) is 65.5 cm³/mol. The Hall–Kier alpha value is -0.0800. The van der Waals surface area contributed by atoms with Gasteiger partial charge in [0, 0.05) is 30.7 Å². The summed E-state index contributed by atoms with van der Waals surface area (Å²) in [5.41, 5.74) is 0. The highest BCUT2D eigenvalue weighted by atomic mass is 15.3. The Balaban J connectivity index is 1.25. The normalized spacial score (nSPS) is 70.2. The van der Waals surface area contributed by atoms with Crippen LogP contribution >= 0.6 is 0 Å². The molecule has 9 aliphatic rings. The van der Waals surface area contributed by atoms with Gasteiger partial charge in [0.2, 0.25) is 0 Å². The molecule has 9 fully saturated rings. The second-order valence-electron chi connectivity index (χ2n) is 7.92. The van der Waals surface area contributed by atoms with E-state index in [0.29, 0.717) is 0 Å². The summed E-state index contributed by atoms with van der Waals surface area (Å²) in [5, 5.41) is 3.76. The number of hydrogen-bond acceptors (Lipinski definition) is 2. The van der Waals surface area contributed by atoms with Gasteiger partial charge in [0.05, 0.1) is 0 Å². The molecule has 0 amide bonds. The predicted octanol–water partition coefficient (Wildman–Crippen LogP) is 1.47. The van der Waals surface area contributed by atoms with Crippen LogP contribution in [0.5, 0.6) is 0 Å². The van der Waals surface area contributed by atoms with Gasteiger partial charge in [-0.15, -0.1) is 0 Å². The molecule has 4 saturated heterocycles. The Morgan fingerprint density at radius 2 is 1.71 bits per heavy atom. The molecule has 9 rings (SSSR count). The molecule has 92 valence electrons. The molecule has 17 heavy (non-hydrogen) atoms. The van der Waals surface area contributed by atoms with Gasteiger partial charge in [0.25, 0.3) is 0 Å². The smallest absolute Gasteiger partial charge is 0.0155 e. The van der Waals surface area contributed by atoms with E-state index in [4.69, 9.17) is 0 Å². The van der Waals surface area contributed by atoms with E-state index in [1.165, 1.54) is 19.4 Å². The first-order chi connectivity index (χ1) is 8.38. The third-order valence-corrected chi connectivity index (χ3v) is 7.52. The molecule has 4 aliphatic heterocycles. The molecular weight excluding hydrogens is 208 g/mol. The van der Waals surface area contributed by atoms with Crippen LogP contribution in [0.25, 0.3) is 0 Å². The van der Waals surface area contributed by atoms with Gasteiger partial charge in [-0.1, -0.05) is 0 Å². The molecule has 0 aromatic rings. The number of fused-ring (bicyclic) bond motifs is 4. The Bertz CT molecular complexity index is 374. The van der Waals surface area contributed by atoms with Crippen molar-refractivity contribution >= 4 is 0 Å². The topological polar surface area (TPSA) is 15.3 Å². The zero-order valence-corrected chi connectivity index (χ0v) is 10.4. The highest BCUT2D eigenvalue weighted by Gasteiger charge is 2.65. The maximum absolute atomic E-state index is 3.76. The highest BCUT2D eigenvalue weighted by Crippen LogP contribution is 2.63. The van der Waals surface area contributed by atoms with Gasteiger partial charge in [-0.25, -0.2) is 0 Å². The summed E-state index contributed by atoms with van der Waals surface area (Å²) in [4.78, 5) is 2.98. The standard InChI is InChI=1S/C15H22N2/c1-7-2-8(1)15(7)17-6-9-3-13(17)14(9)11-4-10-5-12(11)16-10/h7-16H,1-6H2. The fraction of sp³-hybridized carbons (Fsp3) is 1.00. The van der Waals surface area contributed by atoms with E-state index < -0.39 is 0 Å². The average Bonchev–Trinajstić information content (AvgIpc) is 2.69. The summed E-state index contributed by atoms with van der Waals surface area (Å²) in [7, 11) is 0. The lowest BCUT2D eigenvalue weighted by Gasteiger charge is -2.62. The van der Waals surface area contributed by atoms with Gasteiger partial charge in [-0.2, -0.15) is 0 Å². The molecule has 6 unspecified atom stereocenters. The molecule has 6 atom stereocenters. The Kier molecular flexibility index (Phi) is 1.36. The first kappa shape index (κ1) is 8.92. The Morgan fingerprint density at radius 1 is 0.882 bits per heavy atom. The van der Waals surface area contributed by atoms with Crippen molar-refractivity contribution in [1.29, 1.82) is 0 Å². The molecule has 2 nitrogen and oxygen atoms in total. The van der Waals surface area contributed by atoms with Gasteiger partial charge >= 0.3 is 0 Å². The number of rotatable bonds is 2. The third-order valence-electron chi connectivity index (χ3n) is 7.52. The largest absolute Gasteiger partial charge is 0.311 e. The summed E-state index contributed by atoms with van der Waals surface area (Å²) in [6.07, 6.45) is 7.76. The summed E-state index contributed by atoms with van der Waals surface area (Å²) < 4.78 is 0. The lowest BCUT2D eigenvalue weighted by atomic mass is 9.51. The maximum atomic E-state index is 3.76. The monoisotopic (exact) mass is 230 g/mol. The highest BCUT2D eigenvalue weighted by molar-refractivity contribution is 5.19. The second-order valence-corrected chi connectivity index (χ2v) is 7.92. The number of nitrogens with one attached hydrogen (secondary N) is 1. The molecular formula is C15H22N2. The van der Waals surface area contributed by atoms with E-state index in [2.05, 4.69) is 10.2 Å². The van der Waals surface area contributed by atoms with E-state index in [0.717, 1.165) is 53.8 Å². The van der Waals surface area contributed by atoms with Crippen LogP contribution in [-0.2, 0) is 0 Å². The van der Waals surface area contributed by atoms with E-state index in [1.807, 2.05) is 0 Å². The van der Waals surface area contributed by atoms with E-state index in [1.54, 1.807) is 19.3 Å². The lowest BCUT2D eigenvalue weighted by molar-refractivity contribution is -0.121. The first-order valence-corrected chi connectivity index (χ1v) is 7.90. The second kappa shape index (κ2) is 2.60. The average molecular weight is 230 g/mol. The van der Waals surface area contributed by atoms with Crippen LogP contribution in [0.1, 0.15) is 32.1 Å². The van der Waals surface area contributed by atoms with Gasteiger partial charge in [-0.05, 0) is 61.7 Å². The van der Waals surface area contributed by atoms with Crippen LogP contribution in [-0.4, -0.2) is 35.6 Å². The summed E-state index contributed by atoms with van der Waals surface area (Å²) in [6.45, 7) is 1.49. The maximum Gasteiger partial charge on any atom is 0.0155 e. The third kappa shape index (κ3) is 0.859. The van der Waals surface area contributed by atoms with Crippen molar-refractivity contribution in [2.45, 2.75) is 56.3 Å². The molecule has 0 aromatic heterocycles. The molecule has 1 N–H and O–H groups in total. The van der Waals surface area contributed by atoms with Gasteiger partial charge in [0.1, 0.15) is 0 Å². The van der Waals surface area contributed by atoms with Crippen molar-refractivity contribution in [3.63, 3.8) is 0 Å². The van der Waals surface area contributed by atoms with Gasteiger partial charge in [-0.3, -0.25) is 4.90 Å². The molecule has 0 radical (unpaired) electrons. The van der Waals surface area contributed by atoms with Crippen molar-refractivity contribution in [1.82, 2.24) is 10.2 Å². The minimum atomic E-state index is 0.926. The molecule has 4 heterocycles. The summed E-state index contributed by atoms with van der Waals surface area (Å²) in [5.74, 6) is 5.56. The Morgan fingerprint density at radius 3 is 2.29 bits per heavy atom. The molecule has 0 aromatic carbocycles. The number of hydrogen-bond donors (Lipinski definition) is 1. The van der Waals surface area contributed by atoms with Crippen LogP contribution in [0.2, 0.25) is 0 Å². The van der Waals surface area contributed by atoms with Gasteiger partial charge in [0.15, 0.2) is 0 Å². The number of nitrogens with zero attached hydrogens (tertiary/aromatic N) is 1. The molecule has 5 aliphatic carbocycles. The van der Waals surface area contributed by atoms with Gasteiger partial charge < -0.3 is 5.32 Å². The minimum Gasteiger partial charge on any atom is -0.311 e. The van der Waals surface area contributed by atoms with Crippen LogP contribution in [0.15, 0.2) is 0 Å². The summed E-state index contributed by atoms with van der Waals surface area (Å²) in [6, 6.07) is 3.96. The molecule has 2 heteroatoms. The van der Waals surface area contributed by atoms with Crippen LogP contribution in [0.4, 0.5) is 0 Å². The van der Waals surface area contributed by atoms with Crippen molar-refractivity contribution in [2.24, 2.45) is 29.6 Å². The lowest BCUT2D eigenvalue weighted by Crippen LogP contribution is -2.64. The van der Waals surface area contributed by atoms with Crippen LogP contribution < -0.4 is 5.32 Å². The zero-order valence-electron chi connectivity index (χ0n) is 10.4. The molecule has 5 saturated carbocycles. The molecule has 6 bridgehead atoms. The molecule has 0 spiro atoms. The van der Waals surface area contributed by atoms with Crippen molar-refractivity contribution in [2.75, 3.05) is 6.54 Å². The van der Waals surface area contributed by atoms with E-state index in [-0.39, 0.29) is 0 Å².